The Balaban J connectivity index is 2.21. The molecule has 1 fully saturated rings. The van der Waals surface area contributed by atoms with Crippen LogP contribution in [-0.2, 0) is 11.0 Å². The van der Waals surface area contributed by atoms with Crippen molar-refractivity contribution in [2.24, 2.45) is 0 Å². The molecule has 1 aliphatic rings. The molecule has 80 valence electrons. The molecule has 1 saturated heterocycles. The fourth-order valence-corrected chi connectivity index (χ4v) is 1.42. The van der Waals surface area contributed by atoms with Gasteiger partial charge in [0.05, 0.1) is 5.56 Å². The lowest BCUT2D eigenvalue weighted by atomic mass is 10.1. The molecule has 0 N–H and O–H groups in total. The molecule has 1 heterocycles. The van der Waals surface area contributed by atoms with Gasteiger partial charge in [-0.1, -0.05) is 0 Å². The van der Waals surface area contributed by atoms with Crippen LogP contribution < -0.4 is 4.90 Å². The molecule has 0 aliphatic carbocycles. The Morgan fingerprint density at radius 1 is 1.13 bits per heavy atom. The summed E-state index contributed by atoms with van der Waals surface area (Å²) >= 11 is 0. The summed E-state index contributed by atoms with van der Waals surface area (Å²) in [5.41, 5.74) is -0.168. The van der Waals surface area contributed by atoms with Gasteiger partial charge in [-0.25, -0.2) is 0 Å². The fraction of sp³-hybridized carbons (Fsp3) is 0.300. The van der Waals surface area contributed by atoms with Crippen molar-refractivity contribution in [1.82, 2.24) is 0 Å². The van der Waals surface area contributed by atoms with Crippen LogP contribution in [0.15, 0.2) is 24.3 Å². The number of amides is 1. The van der Waals surface area contributed by atoms with Crippen LogP contribution in [0.4, 0.5) is 18.9 Å². The fourth-order valence-electron chi connectivity index (χ4n) is 1.42. The van der Waals surface area contributed by atoms with E-state index in [9.17, 15) is 18.0 Å². The molecule has 2 rings (SSSR count). The second-order valence-corrected chi connectivity index (χ2v) is 3.34. The van der Waals surface area contributed by atoms with Crippen LogP contribution in [0.5, 0.6) is 0 Å². The van der Waals surface area contributed by atoms with Crippen LogP contribution in [0.1, 0.15) is 12.0 Å². The van der Waals surface area contributed by atoms with Gasteiger partial charge in [-0.2, -0.15) is 13.2 Å². The summed E-state index contributed by atoms with van der Waals surface area (Å²) < 4.78 is 36.6. The molecule has 15 heavy (non-hydrogen) atoms. The summed E-state index contributed by atoms with van der Waals surface area (Å²) in [4.78, 5) is 12.5. The molecule has 1 aromatic carbocycles. The highest BCUT2D eigenvalue weighted by molar-refractivity contribution is 5.99. The summed E-state index contributed by atoms with van der Waals surface area (Å²) in [6.45, 7) is 0.587. The minimum atomic E-state index is -4.32. The number of hydrogen-bond donors (Lipinski definition) is 0. The molecule has 1 amide bonds. The second kappa shape index (κ2) is 3.25. The van der Waals surface area contributed by atoms with E-state index in [1.165, 1.54) is 17.0 Å². The van der Waals surface area contributed by atoms with Gasteiger partial charge in [-0.3, -0.25) is 4.79 Å². The monoisotopic (exact) mass is 215 g/mol. The van der Waals surface area contributed by atoms with Crippen molar-refractivity contribution >= 4 is 11.6 Å². The summed E-state index contributed by atoms with van der Waals surface area (Å²) in [5, 5.41) is 0. The Kier molecular flexibility index (Phi) is 2.17. The lowest BCUT2D eigenvalue weighted by Crippen LogP contribution is -2.43. The van der Waals surface area contributed by atoms with E-state index in [0.29, 0.717) is 18.7 Å². The number of carbonyl (C=O) groups is 1. The molecule has 0 atom stereocenters. The summed E-state index contributed by atoms with van der Waals surface area (Å²) in [6.07, 6.45) is -3.85. The number of benzene rings is 1. The number of anilines is 1. The minimum Gasteiger partial charge on any atom is -0.312 e. The van der Waals surface area contributed by atoms with E-state index < -0.39 is 11.7 Å². The predicted molar refractivity (Wildman–Crippen MR) is 48.4 cm³/mol. The maximum atomic E-state index is 12.2. The molecule has 0 unspecified atom stereocenters. The topological polar surface area (TPSA) is 20.3 Å². The van der Waals surface area contributed by atoms with Gasteiger partial charge in [-0.05, 0) is 24.3 Å². The van der Waals surface area contributed by atoms with Crippen LogP contribution in [0.3, 0.4) is 0 Å². The van der Waals surface area contributed by atoms with Crippen LogP contribution in [0.25, 0.3) is 0 Å². The van der Waals surface area contributed by atoms with Crippen molar-refractivity contribution in [3.8, 4) is 0 Å². The van der Waals surface area contributed by atoms with Crippen molar-refractivity contribution in [3.63, 3.8) is 0 Å². The Bertz CT molecular complexity index is 383. The first-order chi connectivity index (χ1) is 6.98. The first-order valence-electron chi connectivity index (χ1n) is 4.46. The number of halogens is 3. The second-order valence-electron chi connectivity index (χ2n) is 3.34. The van der Waals surface area contributed by atoms with Crippen LogP contribution in [0.2, 0.25) is 0 Å². The van der Waals surface area contributed by atoms with Gasteiger partial charge in [-0.15, -0.1) is 0 Å². The number of rotatable bonds is 1. The maximum Gasteiger partial charge on any atom is 0.416 e. The standard InChI is InChI=1S/C10H8F3NO/c11-10(12,13)7-1-3-8(4-2-7)14-6-5-9(14)15/h1-4H,5-6H2. The molecule has 1 aromatic rings. The average Bonchev–Trinajstić information content (AvgIpc) is 2.15. The highest BCUT2D eigenvalue weighted by Gasteiger charge is 2.31. The molecular weight excluding hydrogens is 207 g/mol. The number of hydrogen-bond acceptors (Lipinski definition) is 1. The maximum absolute atomic E-state index is 12.2. The van der Waals surface area contributed by atoms with E-state index in [-0.39, 0.29) is 5.91 Å². The van der Waals surface area contributed by atoms with E-state index in [1.807, 2.05) is 0 Å². The van der Waals surface area contributed by atoms with Crippen molar-refractivity contribution in [1.29, 1.82) is 0 Å². The van der Waals surface area contributed by atoms with E-state index in [1.54, 1.807) is 0 Å². The average molecular weight is 215 g/mol. The van der Waals surface area contributed by atoms with Gasteiger partial charge >= 0.3 is 6.18 Å². The first-order valence-corrected chi connectivity index (χ1v) is 4.46. The molecule has 0 radical (unpaired) electrons. The zero-order valence-electron chi connectivity index (χ0n) is 7.71. The summed E-state index contributed by atoms with van der Waals surface area (Å²) in [6, 6.07) is 4.61. The Hall–Kier alpha value is -1.52. The Morgan fingerprint density at radius 2 is 1.73 bits per heavy atom. The number of carbonyl (C=O) groups excluding carboxylic acids is 1. The summed E-state index contributed by atoms with van der Waals surface area (Å²) in [5.74, 6) is -0.0465. The largest absolute Gasteiger partial charge is 0.416 e. The third-order valence-electron chi connectivity index (χ3n) is 2.36. The zero-order valence-corrected chi connectivity index (χ0v) is 7.71. The van der Waals surface area contributed by atoms with Gasteiger partial charge in [0.25, 0.3) is 0 Å². The lowest BCUT2D eigenvalue weighted by Gasteiger charge is -2.30. The number of nitrogens with zero attached hydrogens (tertiary/aromatic N) is 1. The predicted octanol–water partition coefficient (Wildman–Crippen LogP) is 2.44. The lowest BCUT2D eigenvalue weighted by molar-refractivity contribution is -0.137. The van der Waals surface area contributed by atoms with E-state index in [2.05, 4.69) is 0 Å². The highest BCUT2D eigenvalue weighted by Crippen LogP contribution is 2.31. The van der Waals surface area contributed by atoms with E-state index in [4.69, 9.17) is 0 Å². The van der Waals surface area contributed by atoms with E-state index >= 15 is 0 Å². The minimum absolute atomic E-state index is 0.0465. The highest BCUT2D eigenvalue weighted by atomic mass is 19.4. The van der Waals surface area contributed by atoms with Gasteiger partial charge < -0.3 is 4.90 Å². The van der Waals surface area contributed by atoms with Gasteiger partial charge in [0, 0.05) is 18.7 Å². The van der Waals surface area contributed by atoms with Gasteiger partial charge in [0.1, 0.15) is 0 Å². The van der Waals surface area contributed by atoms with Gasteiger partial charge in [0.2, 0.25) is 5.91 Å². The first kappa shape index (κ1) is 10.0. The Labute approximate surface area is 84.3 Å². The van der Waals surface area contributed by atoms with Crippen molar-refractivity contribution in [2.45, 2.75) is 12.6 Å². The normalized spacial score (nSPS) is 16.5. The quantitative estimate of drug-likeness (QED) is 0.659. The van der Waals surface area contributed by atoms with Crippen molar-refractivity contribution in [3.05, 3.63) is 29.8 Å². The molecule has 5 heteroatoms. The van der Waals surface area contributed by atoms with Crippen LogP contribution in [-0.4, -0.2) is 12.5 Å². The SMILES string of the molecule is O=C1CCN1c1ccc(C(F)(F)F)cc1. The number of alkyl halides is 3. The van der Waals surface area contributed by atoms with Crippen molar-refractivity contribution in [2.75, 3.05) is 11.4 Å². The van der Waals surface area contributed by atoms with E-state index in [0.717, 1.165) is 12.1 Å². The van der Waals surface area contributed by atoms with Crippen molar-refractivity contribution < 1.29 is 18.0 Å². The van der Waals surface area contributed by atoms with Gasteiger partial charge in [0.15, 0.2) is 0 Å². The third-order valence-corrected chi connectivity index (χ3v) is 2.36. The molecule has 0 bridgehead atoms. The Morgan fingerprint density at radius 3 is 2.07 bits per heavy atom. The third kappa shape index (κ3) is 1.82. The number of β-lactam (4-membered cyclic amide) rings is 1. The molecule has 1 aliphatic heterocycles. The molecule has 0 saturated carbocycles. The van der Waals surface area contributed by atoms with Crippen LogP contribution in [0, 0.1) is 0 Å². The molecular formula is C10H8F3NO. The molecule has 0 aromatic heterocycles. The zero-order chi connectivity index (χ0) is 11.1. The summed E-state index contributed by atoms with van der Waals surface area (Å²) in [7, 11) is 0. The molecule has 0 spiro atoms. The smallest absolute Gasteiger partial charge is 0.312 e. The van der Waals surface area contributed by atoms with Crippen LogP contribution >= 0.6 is 0 Å². The molecule has 2 nitrogen and oxygen atoms in total.